The Morgan fingerprint density at radius 2 is 1.91 bits per heavy atom. The smallest absolute Gasteiger partial charge is 0.357 e. The number of likely N-dealkylation sites (N-methyl/N-ethyl adjacent to an activating group) is 1. The molecule has 7 heteroatoms. The largest absolute Gasteiger partial charge is 0.377 e. The van der Waals surface area contributed by atoms with Gasteiger partial charge < -0.3 is 14.8 Å². The molecule has 23 heavy (non-hydrogen) atoms. The molecule has 0 spiro atoms. The average molecular weight is 318 g/mol. The molecule has 0 aliphatic carbocycles. The molecule has 1 aromatic carbocycles. The minimum atomic E-state index is -0.603. The van der Waals surface area contributed by atoms with Crippen LogP contribution in [0.4, 0.5) is 11.4 Å². The fourth-order valence-electron chi connectivity index (χ4n) is 2.71. The Labute approximate surface area is 134 Å². The van der Waals surface area contributed by atoms with Gasteiger partial charge in [-0.25, -0.2) is 0 Å². The summed E-state index contributed by atoms with van der Waals surface area (Å²) < 4.78 is 1.32. The van der Waals surface area contributed by atoms with Crippen molar-refractivity contribution < 1.29 is 4.92 Å². The van der Waals surface area contributed by atoms with Crippen LogP contribution in [-0.2, 0) is 7.05 Å². The van der Waals surface area contributed by atoms with Crippen molar-refractivity contribution in [2.45, 2.75) is 13.8 Å². The minimum Gasteiger partial charge on any atom is -0.377 e. The van der Waals surface area contributed by atoms with Crippen LogP contribution in [0.1, 0.15) is 13.8 Å². The zero-order chi connectivity index (χ0) is 17.0. The second-order valence-corrected chi connectivity index (χ2v) is 5.32. The van der Waals surface area contributed by atoms with E-state index in [1.165, 1.54) is 4.57 Å². The molecule has 124 valence electrons. The minimum absolute atomic E-state index is 0.306. The number of para-hydroxylation sites is 1. The zero-order valence-electron chi connectivity index (χ0n) is 13.7. The van der Waals surface area contributed by atoms with Crippen molar-refractivity contribution in [3.63, 3.8) is 0 Å². The van der Waals surface area contributed by atoms with E-state index in [4.69, 9.17) is 0 Å². The lowest BCUT2D eigenvalue weighted by Crippen LogP contribution is -2.29. The van der Waals surface area contributed by atoms with Crippen LogP contribution < -0.4 is 10.9 Å². The van der Waals surface area contributed by atoms with Gasteiger partial charge in [0.2, 0.25) is 0 Å². The van der Waals surface area contributed by atoms with Gasteiger partial charge in [0.1, 0.15) is 5.69 Å². The van der Waals surface area contributed by atoms with E-state index in [-0.39, 0.29) is 0 Å². The highest BCUT2D eigenvalue weighted by atomic mass is 16.6. The lowest BCUT2D eigenvalue weighted by Gasteiger charge is -2.19. The Morgan fingerprint density at radius 3 is 2.52 bits per heavy atom. The summed E-state index contributed by atoms with van der Waals surface area (Å²) in [6.45, 7) is 7.27. The van der Waals surface area contributed by atoms with Gasteiger partial charge in [0.05, 0.1) is 10.4 Å². The number of rotatable bonds is 7. The van der Waals surface area contributed by atoms with E-state index in [1.807, 2.05) is 12.1 Å². The predicted octanol–water partition coefficient (Wildman–Crippen LogP) is 2.20. The van der Waals surface area contributed by atoms with E-state index >= 15 is 0 Å². The van der Waals surface area contributed by atoms with Gasteiger partial charge in [0.25, 0.3) is 0 Å². The van der Waals surface area contributed by atoms with Crippen LogP contribution in [-0.4, -0.2) is 40.6 Å². The van der Waals surface area contributed by atoms with Crippen LogP contribution in [0.2, 0.25) is 0 Å². The molecule has 0 amide bonds. The summed E-state index contributed by atoms with van der Waals surface area (Å²) in [7, 11) is 1.55. The number of hydrogen-bond donors (Lipinski definition) is 1. The first kappa shape index (κ1) is 17.0. The molecule has 0 atom stereocenters. The van der Waals surface area contributed by atoms with Crippen LogP contribution in [0, 0.1) is 10.1 Å². The Bertz CT molecular complexity index is 766. The van der Waals surface area contributed by atoms with E-state index in [2.05, 4.69) is 24.1 Å². The summed E-state index contributed by atoms with van der Waals surface area (Å²) in [5, 5.41) is 15.2. The molecule has 7 nitrogen and oxygen atoms in total. The van der Waals surface area contributed by atoms with Gasteiger partial charge in [-0.05, 0) is 19.2 Å². The monoisotopic (exact) mass is 318 g/mol. The molecule has 0 bridgehead atoms. The van der Waals surface area contributed by atoms with Crippen LogP contribution in [0.15, 0.2) is 29.1 Å². The highest BCUT2D eigenvalue weighted by Gasteiger charge is 2.24. The van der Waals surface area contributed by atoms with Crippen molar-refractivity contribution in [2.75, 3.05) is 31.5 Å². The third-order valence-corrected chi connectivity index (χ3v) is 4.09. The molecule has 0 fully saturated rings. The molecular formula is C16H22N4O3. The standard InChI is InChI=1S/C16H22N4O3/c1-4-19(5-2)11-10-17-14-12-8-6-7-9-13(12)18(3)16(21)15(14)20(22)23/h6-9,17H,4-5,10-11H2,1-3H3. The van der Waals surface area contributed by atoms with Crippen molar-refractivity contribution in [1.29, 1.82) is 0 Å². The number of nitrogens with zero attached hydrogens (tertiary/aromatic N) is 3. The molecule has 1 N–H and O–H groups in total. The van der Waals surface area contributed by atoms with Gasteiger partial charge >= 0.3 is 11.2 Å². The van der Waals surface area contributed by atoms with Gasteiger partial charge in [0.15, 0.2) is 0 Å². The van der Waals surface area contributed by atoms with Crippen molar-refractivity contribution in [1.82, 2.24) is 9.47 Å². The number of nitro groups is 1. The van der Waals surface area contributed by atoms with E-state index < -0.39 is 16.2 Å². The maximum atomic E-state index is 12.3. The van der Waals surface area contributed by atoms with Crippen molar-refractivity contribution in [2.24, 2.45) is 7.05 Å². The summed E-state index contributed by atoms with van der Waals surface area (Å²) in [5.41, 5.74) is -0.0147. The normalized spacial score (nSPS) is 11.1. The van der Waals surface area contributed by atoms with E-state index in [1.54, 1.807) is 19.2 Å². The maximum Gasteiger partial charge on any atom is 0.357 e. The molecule has 0 saturated carbocycles. The Balaban J connectivity index is 2.48. The maximum absolute atomic E-state index is 12.3. The number of anilines is 1. The fraction of sp³-hybridized carbons (Fsp3) is 0.438. The summed E-state index contributed by atoms with van der Waals surface area (Å²) >= 11 is 0. The Morgan fingerprint density at radius 1 is 1.26 bits per heavy atom. The number of benzene rings is 1. The highest BCUT2D eigenvalue weighted by Crippen LogP contribution is 2.29. The predicted molar refractivity (Wildman–Crippen MR) is 92.1 cm³/mol. The number of aryl methyl sites for hydroxylation is 1. The molecule has 0 radical (unpaired) electrons. The molecule has 2 aromatic rings. The van der Waals surface area contributed by atoms with Crippen molar-refractivity contribution >= 4 is 22.3 Å². The number of aromatic nitrogens is 1. The SMILES string of the molecule is CCN(CC)CCNc1c([N+](=O)[O-])c(=O)n(C)c2ccccc12. The second-order valence-electron chi connectivity index (χ2n) is 5.32. The van der Waals surface area contributed by atoms with Gasteiger partial charge in [-0.15, -0.1) is 0 Å². The summed E-state index contributed by atoms with van der Waals surface area (Å²) in [5.74, 6) is 0. The van der Waals surface area contributed by atoms with Crippen LogP contribution in [0.25, 0.3) is 10.9 Å². The van der Waals surface area contributed by atoms with E-state index in [9.17, 15) is 14.9 Å². The van der Waals surface area contributed by atoms with Crippen LogP contribution in [0.3, 0.4) is 0 Å². The van der Waals surface area contributed by atoms with Gasteiger partial charge in [-0.3, -0.25) is 14.9 Å². The van der Waals surface area contributed by atoms with Crippen molar-refractivity contribution in [3.05, 3.63) is 44.7 Å². The van der Waals surface area contributed by atoms with E-state index in [0.717, 1.165) is 19.6 Å². The van der Waals surface area contributed by atoms with E-state index in [0.29, 0.717) is 23.1 Å². The molecule has 0 saturated heterocycles. The average Bonchev–Trinajstić information content (AvgIpc) is 2.55. The lowest BCUT2D eigenvalue weighted by atomic mass is 10.1. The Kier molecular flexibility index (Phi) is 5.33. The summed E-state index contributed by atoms with van der Waals surface area (Å²) in [4.78, 5) is 25.3. The molecule has 2 rings (SSSR count). The third kappa shape index (κ3) is 3.34. The first-order valence-corrected chi connectivity index (χ1v) is 7.73. The molecule has 1 aromatic heterocycles. The summed E-state index contributed by atoms with van der Waals surface area (Å²) in [6.07, 6.45) is 0. The first-order chi connectivity index (χ1) is 11.0. The number of fused-ring (bicyclic) bond motifs is 1. The van der Waals surface area contributed by atoms with Crippen LogP contribution >= 0.6 is 0 Å². The zero-order valence-corrected chi connectivity index (χ0v) is 13.7. The summed E-state index contributed by atoms with van der Waals surface area (Å²) in [6, 6.07) is 7.21. The van der Waals surface area contributed by atoms with Crippen LogP contribution in [0.5, 0.6) is 0 Å². The fourth-order valence-corrected chi connectivity index (χ4v) is 2.71. The molecule has 1 heterocycles. The van der Waals surface area contributed by atoms with Gasteiger partial charge in [-0.1, -0.05) is 32.0 Å². The first-order valence-electron chi connectivity index (χ1n) is 7.73. The Hall–Kier alpha value is -2.41. The molecule has 0 unspecified atom stereocenters. The van der Waals surface area contributed by atoms with Gasteiger partial charge in [-0.2, -0.15) is 0 Å². The molecule has 0 aliphatic rings. The quantitative estimate of drug-likeness (QED) is 0.625. The lowest BCUT2D eigenvalue weighted by molar-refractivity contribution is -0.385. The number of pyridine rings is 1. The molecule has 0 aliphatic heterocycles. The number of hydrogen-bond acceptors (Lipinski definition) is 5. The topological polar surface area (TPSA) is 80.4 Å². The number of nitrogens with one attached hydrogen (secondary N) is 1. The van der Waals surface area contributed by atoms with Gasteiger partial charge in [0, 0.05) is 25.5 Å². The third-order valence-electron chi connectivity index (χ3n) is 4.09. The molecular weight excluding hydrogens is 296 g/mol. The second kappa shape index (κ2) is 7.23. The highest BCUT2D eigenvalue weighted by molar-refractivity contribution is 5.96. The van der Waals surface area contributed by atoms with Crippen molar-refractivity contribution in [3.8, 4) is 0 Å².